The number of nitrogens with one attached hydrogen (secondary N) is 1. The first-order valence-electron chi connectivity index (χ1n) is 7.62. The van der Waals surface area contributed by atoms with Crippen LogP contribution in [-0.4, -0.2) is 37.7 Å². The Hall–Kier alpha value is -1.40. The zero-order valence-corrected chi connectivity index (χ0v) is 13.4. The third kappa shape index (κ3) is 6.58. The van der Waals surface area contributed by atoms with Crippen molar-refractivity contribution in [3.8, 4) is 0 Å². The second kappa shape index (κ2) is 8.29. The highest BCUT2D eigenvalue weighted by Crippen LogP contribution is 2.36. The van der Waals surface area contributed by atoms with Crippen LogP contribution in [0.5, 0.6) is 0 Å². The molecule has 1 saturated carbocycles. The van der Waals surface area contributed by atoms with E-state index in [1.165, 1.54) is 7.11 Å². The minimum Gasteiger partial charge on any atom is -0.467 e. The lowest BCUT2D eigenvalue weighted by atomic mass is 9.87. The first kappa shape index (κ1) is 18.6. The maximum atomic E-state index is 13.0. The molecular weight excluding hydrogens is 296 g/mol. The van der Waals surface area contributed by atoms with Gasteiger partial charge in [0.25, 0.3) is 0 Å². The average Bonchev–Trinajstić information content (AvgIpc) is 2.44. The fraction of sp³-hybridized carbons (Fsp3) is 0.867. The van der Waals surface area contributed by atoms with Gasteiger partial charge in [0.1, 0.15) is 6.04 Å². The summed E-state index contributed by atoms with van der Waals surface area (Å²) in [6, 6.07) is -0.756. The lowest BCUT2D eigenvalue weighted by Gasteiger charge is -2.28. The van der Waals surface area contributed by atoms with E-state index in [9.17, 15) is 18.4 Å². The summed E-state index contributed by atoms with van der Waals surface area (Å²) in [5.74, 6) is -2.97. The predicted molar refractivity (Wildman–Crippen MR) is 76.6 cm³/mol. The van der Waals surface area contributed by atoms with E-state index in [-0.39, 0.29) is 31.3 Å². The summed E-state index contributed by atoms with van der Waals surface area (Å²) in [7, 11) is 1.25. The average molecular weight is 321 g/mol. The summed E-state index contributed by atoms with van der Waals surface area (Å²) < 4.78 is 35.7. The highest BCUT2D eigenvalue weighted by molar-refractivity contribution is 5.81. The molecule has 0 saturated heterocycles. The number of hydrogen-bond acceptors (Lipinski definition) is 4. The Bertz CT molecular complexity index is 378. The number of halogens is 2. The molecule has 1 amide bonds. The van der Waals surface area contributed by atoms with Crippen LogP contribution in [-0.2, 0) is 14.3 Å². The molecule has 1 atom stereocenters. The van der Waals surface area contributed by atoms with Crippen LogP contribution in [0.2, 0.25) is 0 Å². The molecule has 7 heteroatoms. The molecule has 1 N–H and O–H groups in total. The number of carbonyl (C=O) groups excluding carboxylic acids is 2. The fourth-order valence-electron chi connectivity index (χ4n) is 2.47. The highest BCUT2D eigenvalue weighted by Gasteiger charge is 2.35. The van der Waals surface area contributed by atoms with Crippen molar-refractivity contribution in [1.29, 1.82) is 0 Å². The molecule has 0 heterocycles. The van der Waals surface area contributed by atoms with Crippen molar-refractivity contribution in [3.63, 3.8) is 0 Å². The van der Waals surface area contributed by atoms with Crippen LogP contribution in [0.4, 0.5) is 13.6 Å². The molecule has 0 bridgehead atoms. The number of carbonyl (C=O) groups is 2. The van der Waals surface area contributed by atoms with Gasteiger partial charge in [-0.25, -0.2) is 18.4 Å². The second-order valence-corrected chi connectivity index (χ2v) is 6.25. The van der Waals surface area contributed by atoms with Crippen LogP contribution in [0.3, 0.4) is 0 Å². The number of hydrogen-bond donors (Lipinski definition) is 1. The van der Waals surface area contributed by atoms with Crippen LogP contribution in [0.25, 0.3) is 0 Å². The van der Waals surface area contributed by atoms with E-state index in [4.69, 9.17) is 4.74 Å². The Kier molecular flexibility index (Phi) is 7.03. The molecule has 0 radical (unpaired) electrons. The zero-order valence-electron chi connectivity index (χ0n) is 13.4. The number of alkyl carbamates (subject to hydrolysis) is 1. The van der Waals surface area contributed by atoms with Crippen molar-refractivity contribution >= 4 is 12.1 Å². The van der Waals surface area contributed by atoms with Crippen molar-refractivity contribution in [1.82, 2.24) is 5.32 Å². The Labute approximate surface area is 129 Å². The standard InChI is InChI=1S/C15H25F2NO4/c1-10(2)8-12(13(19)21-3)18-14(20)22-9-11-4-6-15(16,17)7-5-11/h10-12H,4-9H2,1-3H3,(H,18,20)/t12-/m1/s1. The van der Waals surface area contributed by atoms with Gasteiger partial charge in [0.15, 0.2) is 0 Å². The number of amides is 1. The quantitative estimate of drug-likeness (QED) is 0.763. The van der Waals surface area contributed by atoms with Crippen molar-refractivity contribution in [2.45, 2.75) is 57.9 Å². The van der Waals surface area contributed by atoms with Gasteiger partial charge in [-0.2, -0.15) is 0 Å². The summed E-state index contributed by atoms with van der Waals surface area (Å²) >= 11 is 0. The topological polar surface area (TPSA) is 64.6 Å². The number of rotatable bonds is 6. The number of alkyl halides is 2. The van der Waals surface area contributed by atoms with Gasteiger partial charge in [-0.1, -0.05) is 13.8 Å². The summed E-state index contributed by atoms with van der Waals surface area (Å²) in [6.07, 6.45) is 0.0756. The predicted octanol–water partition coefficient (Wildman–Crippen LogP) is 3.13. The highest BCUT2D eigenvalue weighted by atomic mass is 19.3. The molecule has 1 fully saturated rings. The molecule has 0 unspecified atom stereocenters. The largest absolute Gasteiger partial charge is 0.467 e. The molecule has 0 spiro atoms. The third-order valence-corrected chi connectivity index (χ3v) is 3.77. The van der Waals surface area contributed by atoms with Crippen molar-refractivity contribution < 1.29 is 27.8 Å². The van der Waals surface area contributed by atoms with Crippen molar-refractivity contribution in [2.24, 2.45) is 11.8 Å². The van der Waals surface area contributed by atoms with Crippen LogP contribution >= 0.6 is 0 Å². The van der Waals surface area contributed by atoms with Gasteiger partial charge >= 0.3 is 12.1 Å². The van der Waals surface area contributed by atoms with Gasteiger partial charge in [0, 0.05) is 12.8 Å². The fourth-order valence-corrected chi connectivity index (χ4v) is 2.47. The molecule has 1 aliphatic rings. The van der Waals surface area contributed by atoms with E-state index in [2.05, 4.69) is 10.1 Å². The Morgan fingerprint density at radius 3 is 2.36 bits per heavy atom. The van der Waals surface area contributed by atoms with E-state index in [1.54, 1.807) is 0 Å². The molecule has 0 aromatic carbocycles. The number of esters is 1. The Morgan fingerprint density at radius 1 is 1.27 bits per heavy atom. The molecule has 5 nitrogen and oxygen atoms in total. The smallest absolute Gasteiger partial charge is 0.407 e. The Morgan fingerprint density at radius 2 is 1.86 bits per heavy atom. The molecule has 1 aliphatic carbocycles. The monoisotopic (exact) mass is 321 g/mol. The van der Waals surface area contributed by atoms with Crippen molar-refractivity contribution in [2.75, 3.05) is 13.7 Å². The van der Waals surface area contributed by atoms with Gasteiger partial charge in [-0.05, 0) is 31.1 Å². The number of methoxy groups -OCH3 is 1. The Balaban J connectivity index is 2.36. The minimum absolute atomic E-state index is 0.0490. The molecule has 1 rings (SSSR count). The van der Waals surface area contributed by atoms with Gasteiger partial charge < -0.3 is 14.8 Å². The summed E-state index contributed by atoms with van der Waals surface area (Å²) in [5, 5.41) is 2.47. The first-order chi connectivity index (χ1) is 10.2. The molecule has 0 aliphatic heterocycles. The van der Waals surface area contributed by atoms with E-state index in [0.717, 1.165) is 0 Å². The van der Waals surface area contributed by atoms with E-state index >= 15 is 0 Å². The third-order valence-electron chi connectivity index (χ3n) is 3.77. The van der Waals surface area contributed by atoms with Crippen LogP contribution in [0, 0.1) is 11.8 Å². The van der Waals surface area contributed by atoms with Gasteiger partial charge in [-0.3, -0.25) is 0 Å². The molecule has 128 valence electrons. The summed E-state index contributed by atoms with van der Waals surface area (Å²) in [4.78, 5) is 23.3. The lowest BCUT2D eigenvalue weighted by Crippen LogP contribution is -2.43. The van der Waals surface area contributed by atoms with Crippen LogP contribution in [0.1, 0.15) is 46.0 Å². The van der Waals surface area contributed by atoms with Gasteiger partial charge in [0.2, 0.25) is 5.92 Å². The SMILES string of the molecule is COC(=O)[C@@H](CC(C)C)NC(=O)OCC1CCC(F)(F)CC1. The van der Waals surface area contributed by atoms with Gasteiger partial charge in [-0.15, -0.1) is 0 Å². The molecular formula is C15H25F2NO4. The summed E-state index contributed by atoms with van der Waals surface area (Å²) in [5.41, 5.74) is 0. The molecule has 0 aromatic heterocycles. The first-order valence-corrected chi connectivity index (χ1v) is 7.62. The van der Waals surface area contributed by atoms with E-state index in [0.29, 0.717) is 19.3 Å². The zero-order chi connectivity index (χ0) is 16.8. The maximum absolute atomic E-state index is 13.0. The van der Waals surface area contributed by atoms with Crippen LogP contribution in [0.15, 0.2) is 0 Å². The van der Waals surface area contributed by atoms with Crippen LogP contribution < -0.4 is 5.32 Å². The van der Waals surface area contributed by atoms with E-state index < -0.39 is 24.0 Å². The number of ether oxygens (including phenoxy) is 2. The molecule has 22 heavy (non-hydrogen) atoms. The lowest BCUT2D eigenvalue weighted by molar-refractivity contribution is -0.143. The van der Waals surface area contributed by atoms with Gasteiger partial charge in [0.05, 0.1) is 13.7 Å². The maximum Gasteiger partial charge on any atom is 0.407 e. The van der Waals surface area contributed by atoms with E-state index in [1.807, 2.05) is 13.8 Å². The minimum atomic E-state index is -2.59. The van der Waals surface area contributed by atoms with Crippen molar-refractivity contribution in [3.05, 3.63) is 0 Å². The summed E-state index contributed by atoms with van der Waals surface area (Å²) in [6.45, 7) is 3.94. The molecule has 0 aromatic rings. The second-order valence-electron chi connectivity index (χ2n) is 6.25. The normalized spacial score (nSPS) is 19.5.